The van der Waals surface area contributed by atoms with Crippen LogP contribution in [0, 0.1) is 5.92 Å². The van der Waals surface area contributed by atoms with E-state index in [-0.39, 0.29) is 17.7 Å². The van der Waals surface area contributed by atoms with Gasteiger partial charge in [0.25, 0.3) is 5.91 Å². The Morgan fingerprint density at radius 2 is 2.19 bits per heavy atom. The van der Waals surface area contributed by atoms with Crippen molar-refractivity contribution in [2.75, 3.05) is 25.0 Å². The Bertz CT molecular complexity index is 946. The predicted octanol–water partition coefficient (Wildman–Crippen LogP) is 3.47. The van der Waals surface area contributed by atoms with E-state index in [4.69, 9.17) is 4.74 Å². The van der Waals surface area contributed by atoms with Crippen LogP contribution < -0.4 is 10.1 Å². The van der Waals surface area contributed by atoms with Gasteiger partial charge in [0.15, 0.2) is 5.13 Å². The van der Waals surface area contributed by atoms with Crippen LogP contribution in [0.25, 0.3) is 10.2 Å². The average Bonchev–Trinajstić information content (AvgIpc) is 3.22. The van der Waals surface area contributed by atoms with Gasteiger partial charge >= 0.3 is 0 Å². The van der Waals surface area contributed by atoms with E-state index in [9.17, 15) is 9.59 Å². The van der Waals surface area contributed by atoms with Crippen molar-refractivity contribution >= 4 is 49.8 Å². The molecule has 0 bridgehead atoms. The van der Waals surface area contributed by atoms with Gasteiger partial charge in [0.1, 0.15) is 5.75 Å². The van der Waals surface area contributed by atoms with Crippen molar-refractivity contribution in [3.05, 3.63) is 40.6 Å². The first kappa shape index (κ1) is 17.0. The summed E-state index contributed by atoms with van der Waals surface area (Å²) in [7, 11) is 0. The first-order valence-electron chi connectivity index (χ1n) is 8.31. The zero-order valence-electron chi connectivity index (χ0n) is 14.1. The molecular formula is C18H17N3O3S2. The number of rotatable bonds is 5. The van der Waals surface area contributed by atoms with Crippen LogP contribution in [0.4, 0.5) is 5.13 Å². The Morgan fingerprint density at radius 1 is 1.35 bits per heavy atom. The van der Waals surface area contributed by atoms with Crippen LogP contribution in [0.3, 0.4) is 0 Å². The number of carbonyl (C=O) groups is 2. The molecule has 6 nitrogen and oxygen atoms in total. The summed E-state index contributed by atoms with van der Waals surface area (Å²) in [6.07, 6.45) is 0. The number of nitrogens with one attached hydrogen (secondary N) is 1. The van der Waals surface area contributed by atoms with Gasteiger partial charge in [0.2, 0.25) is 5.91 Å². The molecule has 1 fully saturated rings. The van der Waals surface area contributed by atoms with Crippen molar-refractivity contribution < 1.29 is 14.3 Å². The molecule has 3 aromatic rings. The maximum Gasteiger partial charge on any atom is 0.263 e. The van der Waals surface area contributed by atoms with Crippen LogP contribution in [-0.2, 0) is 4.79 Å². The number of carbonyl (C=O) groups excluding carboxylic acids is 2. The highest BCUT2D eigenvalue weighted by Gasteiger charge is 2.36. The Morgan fingerprint density at radius 3 is 2.92 bits per heavy atom. The maximum atomic E-state index is 12.4. The lowest BCUT2D eigenvalue weighted by Crippen LogP contribution is -2.54. The van der Waals surface area contributed by atoms with Crippen molar-refractivity contribution in [2.24, 2.45) is 5.92 Å². The fourth-order valence-electron chi connectivity index (χ4n) is 2.79. The molecule has 2 aromatic heterocycles. The fraction of sp³-hybridized carbons (Fsp3) is 0.278. The molecule has 1 aromatic carbocycles. The third kappa shape index (κ3) is 3.30. The number of fused-ring (bicyclic) bond motifs is 1. The van der Waals surface area contributed by atoms with E-state index in [1.807, 2.05) is 36.6 Å². The van der Waals surface area contributed by atoms with Gasteiger partial charge in [-0.05, 0) is 36.6 Å². The van der Waals surface area contributed by atoms with Gasteiger partial charge < -0.3 is 15.0 Å². The minimum atomic E-state index is -0.190. The first-order valence-corrected chi connectivity index (χ1v) is 10.0. The number of thiophene rings is 1. The van der Waals surface area contributed by atoms with Gasteiger partial charge in [0, 0.05) is 13.1 Å². The summed E-state index contributed by atoms with van der Waals surface area (Å²) in [4.78, 5) is 31.4. The smallest absolute Gasteiger partial charge is 0.263 e. The summed E-state index contributed by atoms with van der Waals surface area (Å²) < 4.78 is 6.46. The van der Waals surface area contributed by atoms with E-state index in [1.165, 1.54) is 22.7 Å². The number of amides is 2. The number of hydrogen-bond donors (Lipinski definition) is 1. The van der Waals surface area contributed by atoms with Gasteiger partial charge in [-0.1, -0.05) is 17.4 Å². The third-order valence-corrected chi connectivity index (χ3v) is 5.96. The number of benzene rings is 1. The number of nitrogens with zero attached hydrogens (tertiary/aromatic N) is 2. The van der Waals surface area contributed by atoms with Gasteiger partial charge in [-0.25, -0.2) is 4.98 Å². The van der Waals surface area contributed by atoms with Crippen LogP contribution in [0.15, 0.2) is 35.7 Å². The quantitative estimate of drug-likeness (QED) is 0.728. The fourth-order valence-corrected chi connectivity index (χ4v) is 4.38. The maximum absolute atomic E-state index is 12.4. The summed E-state index contributed by atoms with van der Waals surface area (Å²) in [5, 5.41) is 5.32. The summed E-state index contributed by atoms with van der Waals surface area (Å²) in [5.74, 6) is 0.505. The number of likely N-dealkylation sites (tertiary alicyclic amines) is 1. The van der Waals surface area contributed by atoms with Crippen LogP contribution in [0.1, 0.15) is 16.6 Å². The highest BCUT2D eigenvalue weighted by molar-refractivity contribution is 7.22. The minimum absolute atomic E-state index is 0.00695. The summed E-state index contributed by atoms with van der Waals surface area (Å²) in [5.41, 5.74) is 0.830. The van der Waals surface area contributed by atoms with E-state index >= 15 is 0 Å². The standard InChI is InChI=1S/C18H17N3O3S2/c1-2-24-12-5-6-13-15(8-12)26-18(19-13)20-16(22)11-9-21(10-11)17(23)14-4-3-7-25-14/h3-8,11H,2,9-10H2,1H3,(H,19,20,22). The summed E-state index contributed by atoms with van der Waals surface area (Å²) in [6.45, 7) is 3.44. The third-order valence-electron chi connectivity index (χ3n) is 4.17. The average molecular weight is 387 g/mol. The number of hydrogen-bond acceptors (Lipinski definition) is 6. The summed E-state index contributed by atoms with van der Waals surface area (Å²) in [6, 6.07) is 9.34. The molecular weight excluding hydrogens is 370 g/mol. The number of ether oxygens (including phenoxy) is 1. The zero-order valence-corrected chi connectivity index (χ0v) is 15.7. The molecule has 8 heteroatoms. The molecule has 134 valence electrons. The van der Waals surface area contributed by atoms with Gasteiger partial charge in [-0.3, -0.25) is 9.59 Å². The zero-order chi connectivity index (χ0) is 18.1. The molecule has 0 atom stereocenters. The van der Waals surface area contributed by atoms with Crippen molar-refractivity contribution in [1.29, 1.82) is 0 Å². The highest BCUT2D eigenvalue weighted by atomic mass is 32.1. The lowest BCUT2D eigenvalue weighted by molar-refractivity contribution is -0.123. The van der Waals surface area contributed by atoms with Gasteiger partial charge in [-0.2, -0.15) is 0 Å². The molecule has 0 saturated carbocycles. The van der Waals surface area contributed by atoms with E-state index in [0.717, 1.165) is 16.0 Å². The monoisotopic (exact) mass is 387 g/mol. The van der Waals surface area contributed by atoms with E-state index < -0.39 is 0 Å². The minimum Gasteiger partial charge on any atom is -0.494 e. The van der Waals surface area contributed by atoms with Crippen molar-refractivity contribution in [3.63, 3.8) is 0 Å². The van der Waals surface area contributed by atoms with Crippen molar-refractivity contribution in [1.82, 2.24) is 9.88 Å². The van der Waals surface area contributed by atoms with E-state index in [2.05, 4.69) is 10.3 Å². The molecule has 0 spiro atoms. The molecule has 1 saturated heterocycles. The number of anilines is 1. The largest absolute Gasteiger partial charge is 0.494 e. The second-order valence-electron chi connectivity index (χ2n) is 5.96. The highest BCUT2D eigenvalue weighted by Crippen LogP contribution is 2.30. The lowest BCUT2D eigenvalue weighted by atomic mass is 9.99. The molecule has 1 aliphatic heterocycles. The van der Waals surface area contributed by atoms with Crippen LogP contribution >= 0.6 is 22.7 Å². The second kappa shape index (κ2) is 7.05. The van der Waals surface area contributed by atoms with Crippen molar-refractivity contribution in [2.45, 2.75) is 6.92 Å². The first-order chi connectivity index (χ1) is 12.6. The Kier molecular flexibility index (Phi) is 4.60. The topological polar surface area (TPSA) is 71.5 Å². The Balaban J connectivity index is 1.37. The normalized spacial score (nSPS) is 14.3. The molecule has 0 aliphatic carbocycles. The predicted molar refractivity (Wildman–Crippen MR) is 103 cm³/mol. The molecule has 0 unspecified atom stereocenters. The van der Waals surface area contributed by atoms with E-state index in [1.54, 1.807) is 11.0 Å². The molecule has 0 radical (unpaired) electrons. The van der Waals surface area contributed by atoms with Gasteiger partial charge in [0.05, 0.1) is 27.6 Å². The summed E-state index contributed by atoms with van der Waals surface area (Å²) >= 11 is 2.84. The molecule has 2 amide bonds. The molecule has 1 aliphatic rings. The van der Waals surface area contributed by atoms with Crippen LogP contribution in [-0.4, -0.2) is 41.4 Å². The van der Waals surface area contributed by atoms with Crippen LogP contribution in [0.5, 0.6) is 5.75 Å². The second-order valence-corrected chi connectivity index (χ2v) is 7.93. The molecule has 3 heterocycles. The van der Waals surface area contributed by atoms with Gasteiger partial charge in [-0.15, -0.1) is 11.3 Å². The SMILES string of the molecule is CCOc1ccc2nc(NC(=O)C3CN(C(=O)c4cccs4)C3)sc2c1. The molecule has 26 heavy (non-hydrogen) atoms. The molecule has 4 rings (SSSR count). The lowest BCUT2D eigenvalue weighted by Gasteiger charge is -2.37. The Hall–Kier alpha value is -2.45. The number of thiazole rings is 1. The van der Waals surface area contributed by atoms with Crippen LogP contribution in [0.2, 0.25) is 0 Å². The number of aromatic nitrogens is 1. The van der Waals surface area contributed by atoms with Crippen molar-refractivity contribution in [3.8, 4) is 5.75 Å². The van der Waals surface area contributed by atoms with E-state index in [0.29, 0.717) is 29.7 Å². The molecule has 1 N–H and O–H groups in total. The Labute approximate surface area is 158 Å².